The van der Waals surface area contributed by atoms with E-state index >= 15 is 0 Å². The Balaban J connectivity index is 2.39. The summed E-state index contributed by atoms with van der Waals surface area (Å²) in [5.41, 5.74) is 1.21. The van der Waals surface area contributed by atoms with Crippen molar-refractivity contribution in [1.82, 2.24) is 15.1 Å². The average molecular weight is 217 g/mol. The molecule has 2 unspecified atom stereocenters. The van der Waals surface area contributed by atoms with E-state index in [1.165, 1.54) is 10.9 Å². The van der Waals surface area contributed by atoms with Gasteiger partial charge in [0.2, 0.25) is 0 Å². The number of hydrogen-bond acceptors (Lipinski definition) is 2. The van der Waals surface area contributed by atoms with Gasteiger partial charge in [-0.05, 0) is 26.5 Å². The number of likely N-dealkylation sites (N-methyl/N-ethyl adjacent to an activating group) is 1. The van der Waals surface area contributed by atoms with E-state index in [4.69, 9.17) is 0 Å². The van der Waals surface area contributed by atoms with Crippen LogP contribution in [0, 0.1) is 0 Å². The van der Waals surface area contributed by atoms with Gasteiger partial charge in [-0.25, -0.2) is 0 Å². The fraction of sp³-hybridized carbons (Fsp3) is 0.462. The number of para-hydroxylation sites is 1. The summed E-state index contributed by atoms with van der Waals surface area (Å²) >= 11 is 0. The Morgan fingerprint density at radius 1 is 1.38 bits per heavy atom. The van der Waals surface area contributed by atoms with Crippen LogP contribution in [0.2, 0.25) is 0 Å². The first-order chi connectivity index (χ1) is 7.77. The highest BCUT2D eigenvalue weighted by Gasteiger charge is 2.17. The zero-order valence-corrected chi connectivity index (χ0v) is 10.1. The molecule has 3 nitrogen and oxygen atoms in total. The minimum atomic E-state index is 0.370. The molecule has 0 saturated carbocycles. The number of nitrogens with one attached hydrogen (secondary N) is 1. The quantitative estimate of drug-likeness (QED) is 0.853. The number of benzene rings is 1. The van der Waals surface area contributed by atoms with Crippen LogP contribution >= 0.6 is 0 Å². The number of nitrogens with zero attached hydrogens (tertiary/aromatic N) is 2. The average Bonchev–Trinajstić information content (AvgIpc) is 2.74. The van der Waals surface area contributed by atoms with Gasteiger partial charge in [-0.2, -0.15) is 5.10 Å². The van der Waals surface area contributed by atoms with Crippen LogP contribution in [-0.2, 0) is 0 Å². The van der Waals surface area contributed by atoms with Crippen molar-refractivity contribution in [3.63, 3.8) is 0 Å². The molecular weight excluding hydrogens is 198 g/mol. The van der Waals surface area contributed by atoms with Gasteiger partial charge in [0.15, 0.2) is 0 Å². The third kappa shape index (κ3) is 1.83. The molecule has 2 atom stereocenters. The lowest BCUT2D eigenvalue weighted by Gasteiger charge is -2.23. The minimum absolute atomic E-state index is 0.370. The standard InChI is InChI=1S/C13H19N3/c1-4-12(14-3)10(2)16-13-8-6-5-7-11(13)9-15-16/h5-10,12,14H,4H2,1-3H3. The van der Waals surface area contributed by atoms with E-state index in [9.17, 15) is 0 Å². The molecule has 0 aliphatic heterocycles. The van der Waals surface area contributed by atoms with Crippen molar-refractivity contribution in [1.29, 1.82) is 0 Å². The van der Waals surface area contributed by atoms with Gasteiger partial charge in [-0.15, -0.1) is 0 Å². The third-order valence-corrected chi connectivity index (χ3v) is 3.28. The molecule has 1 aromatic heterocycles. The fourth-order valence-electron chi connectivity index (χ4n) is 2.27. The van der Waals surface area contributed by atoms with Crippen molar-refractivity contribution in [2.45, 2.75) is 32.4 Å². The van der Waals surface area contributed by atoms with E-state index in [-0.39, 0.29) is 0 Å². The topological polar surface area (TPSA) is 29.9 Å². The second kappa shape index (κ2) is 4.66. The van der Waals surface area contributed by atoms with Gasteiger partial charge in [0, 0.05) is 11.4 Å². The van der Waals surface area contributed by atoms with E-state index in [0.717, 1.165) is 6.42 Å². The van der Waals surface area contributed by atoms with Gasteiger partial charge in [0.25, 0.3) is 0 Å². The lowest BCUT2D eigenvalue weighted by atomic mass is 10.1. The smallest absolute Gasteiger partial charge is 0.0686 e. The van der Waals surface area contributed by atoms with Crippen molar-refractivity contribution in [2.75, 3.05) is 7.05 Å². The van der Waals surface area contributed by atoms with Crippen LogP contribution in [0.5, 0.6) is 0 Å². The molecule has 0 radical (unpaired) electrons. The van der Waals surface area contributed by atoms with E-state index in [2.05, 4.69) is 47.1 Å². The van der Waals surface area contributed by atoms with Crippen LogP contribution in [0.1, 0.15) is 26.3 Å². The van der Waals surface area contributed by atoms with Crippen molar-refractivity contribution in [2.24, 2.45) is 0 Å². The molecule has 0 spiro atoms. The van der Waals surface area contributed by atoms with Crippen LogP contribution in [0.4, 0.5) is 0 Å². The Kier molecular flexibility index (Phi) is 3.25. The number of fused-ring (bicyclic) bond motifs is 1. The van der Waals surface area contributed by atoms with E-state index in [1.54, 1.807) is 0 Å². The Morgan fingerprint density at radius 2 is 2.12 bits per heavy atom. The normalized spacial score (nSPS) is 15.2. The van der Waals surface area contributed by atoms with Crippen LogP contribution in [0.15, 0.2) is 30.5 Å². The van der Waals surface area contributed by atoms with Gasteiger partial charge >= 0.3 is 0 Å². The maximum atomic E-state index is 4.49. The first-order valence-corrected chi connectivity index (χ1v) is 5.87. The second-order valence-corrected chi connectivity index (χ2v) is 4.19. The first kappa shape index (κ1) is 11.1. The zero-order chi connectivity index (χ0) is 11.5. The van der Waals surface area contributed by atoms with Crippen molar-refractivity contribution >= 4 is 10.9 Å². The fourth-order valence-corrected chi connectivity index (χ4v) is 2.27. The Morgan fingerprint density at radius 3 is 2.81 bits per heavy atom. The Labute approximate surface area is 96.5 Å². The number of rotatable bonds is 4. The van der Waals surface area contributed by atoms with Gasteiger partial charge in [-0.1, -0.05) is 25.1 Å². The first-order valence-electron chi connectivity index (χ1n) is 5.87. The van der Waals surface area contributed by atoms with E-state index < -0.39 is 0 Å². The predicted molar refractivity (Wildman–Crippen MR) is 67.6 cm³/mol. The summed E-state index contributed by atoms with van der Waals surface area (Å²) in [6.07, 6.45) is 3.04. The highest BCUT2D eigenvalue weighted by molar-refractivity contribution is 5.78. The second-order valence-electron chi connectivity index (χ2n) is 4.19. The molecule has 1 heterocycles. The monoisotopic (exact) mass is 217 g/mol. The van der Waals surface area contributed by atoms with Gasteiger partial charge < -0.3 is 5.32 Å². The SMILES string of the molecule is CCC(NC)C(C)n1ncc2ccccc21. The van der Waals surface area contributed by atoms with Crippen LogP contribution in [0.25, 0.3) is 10.9 Å². The zero-order valence-electron chi connectivity index (χ0n) is 10.1. The lowest BCUT2D eigenvalue weighted by Crippen LogP contribution is -2.33. The molecule has 0 aliphatic rings. The van der Waals surface area contributed by atoms with E-state index in [1.807, 2.05) is 19.3 Å². The molecule has 1 N–H and O–H groups in total. The molecule has 86 valence electrons. The lowest BCUT2D eigenvalue weighted by molar-refractivity contribution is 0.364. The highest BCUT2D eigenvalue weighted by Crippen LogP contribution is 2.20. The molecule has 16 heavy (non-hydrogen) atoms. The summed E-state index contributed by atoms with van der Waals surface area (Å²) in [5, 5.41) is 9.04. The van der Waals surface area contributed by atoms with Crippen molar-refractivity contribution in [3.05, 3.63) is 30.5 Å². The van der Waals surface area contributed by atoms with Crippen molar-refractivity contribution < 1.29 is 0 Å². The molecule has 0 saturated heterocycles. The molecule has 2 aromatic rings. The molecule has 3 heteroatoms. The Hall–Kier alpha value is -1.35. The maximum Gasteiger partial charge on any atom is 0.0686 e. The Bertz CT molecular complexity index is 457. The molecule has 0 bridgehead atoms. The molecule has 0 amide bonds. The molecule has 0 fully saturated rings. The van der Waals surface area contributed by atoms with Crippen LogP contribution in [0.3, 0.4) is 0 Å². The summed E-state index contributed by atoms with van der Waals surface area (Å²) in [5.74, 6) is 0. The maximum absolute atomic E-state index is 4.49. The molecule has 2 rings (SSSR count). The largest absolute Gasteiger partial charge is 0.315 e. The highest BCUT2D eigenvalue weighted by atomic mass is 15.3. The van der Waals surface area contributed by atoms with E-state index in [0.29, 0.717) is 12.1 Å². The number of aromatic nitrogens is 2. The van der Waals surface area contributed by atoms with Gasteiger partial charge in [0.1, 0.15) is 0 Å². The minimum Gasteiger partial charge on any atom is -0.315 e. The number of hydrogen-bond donors (Lipinski definition) is 1. The van der Waals surface area contributed by atoms with Crippen LogP contribution in [-0.4, -0.2) is 22.9 Å². The predicted octanol–water partition coefficient (Wildman–Crippen LogP) is 2.60. The summed E-state index contributed by atoms with van der Waals surface area (Å²) in [6, 6.07) is 9.17. The summed E-state index contributed by atoms with van der Waals surface area (Å²) in [4.78, 5) is 0. The summed E-state index contributed by atoms with van der Waals surface area (Å²) in [6.45, 7) is 4.41. The van der Waals surface area contributed by atoms with Gasteiger partial charge in [0.05, 0.1) is 17.8 Å². The molecular formula is C13H19N3. The van der Waals surface area contributed by atoms with Gasteiger partial charge in [-0.3, -0.25) is 4.68 Å². The van der Waals surface area contributed by atoms with Crippen LogP contribution < -0.4 is 5.32 Å². The molecule has 1 aromatic carbocycles. The molecule has 0 aliphatic carbocycles. The summed E-state index contributed by atoms with van der Waals surface area (Å²) in [7, 11) is 2.01. The third-order valence-electron chi connectivity index (χ3n) is 3.28. The summed E-state index contributed by atoms with van der Waals surface area (Å²) < 4.78 is 2.11. The van der Waals surface area contributed by atoms with Crippen molar-refractivity contribution in [3.8, 4) is 0 Å².